The van der Waals surface area contributed by atoms with Crippen molar-refractivity contribution in [2.75, 3.05) is 5.32 Å². The molecule has 1 atom stereocenters. The van der Waals surface area contributed by atoms with Gasteiger partial charge < -0.3 is 10.4 Å². The fourth-order valence-electron chi connectivity index (χ4n) is 3.45. The zero-order valence-corrected chi connectivity index (χ0v) is 17.0. The van der Waals surface area contributed by atoms with Crippen molar-refractivity contribution in [2.24, 2.45) is 0 Å². The summed E-state index contributed by atoms with van der Waals surface area (Å²) in [6, 6.07) is 29.1. The van der Waals surface area contributed by atoms with Gasteiger partial charge in [0.25, 0.3) is 0 Å². The van der Waals surface area contributed by atoms with Crippen LogP contribution in [0.3, 0.4) is 0 Å². The standard InChI is InChI=1S/C26H23N3O2/c30-26(31)24(16-20-9-5-2-6-10-20)29-25-17-23(27-18-28-25)22-13-11-21(12-14-22)15-19-7-3-1-4-8-19/h1-14,17-18,24H,15-16H2,(H,30,31)(H,27,28,29). The first-order valence-electron chi connectivity index (χ1n) is 10.2. The molecule has 3 aromatic carbocycles. The SMILES string of the molecule is O=C(O)C(Cc1ccccc1)Nc1cc(-c2ccc(Cc3ccccc3)cc2)ncn1. The Balaban J connectivity index is 1.47. The lowest BCUT2D eigenvalue weighted by Gasteiger charge is -2.15. The summed E-state index contributed by atoms with van der Waals surface area (Å²) in [5.41, 5.74) is 5.13. The van der Waals surface area contributed by atoms with E-state index in [9.17, 15) is 9.90 Å². The van der Waals surface area contributed by atoms with E-state index in [0.29, 0.717) is 12.2 Å². The first kappa shape index (κ1) is 20.3. The number of aromatic nitrogens is 2. The molecule has 0 bridgehead atoms. The van der Waals surface area contributed by atoms with Crippen LogP contribution in [0.4, 0.5) is 5.82 Å². The van der Waals surface area contributed by atoms with E-state index in [1.807, 2.05) is 60.7 Å². The van der Waals surface area contributed by atoms with E-state index in [-0.39, 0.29) is 0 Å². The molecule has 5 nitrogen and oxygen atoms in total. The van der Waals surface area contributed by atoms with Gasteiger partial charge in [0.2, 0.25) is 0 Å². The monoisotopic (exact) mass is 409 g/mol. The van der Waals surface area contributed by atoms with E-state index >= 15 is 0 Å². The molecule has 0 fully saturated rings. The van der Waals surface area contributed by atoms with Crippen LogP contribution in [-0.4, -0.2) is 27.1 Å². The molecular formula is C26H23N3O2. The summed E-state index contributed by atoms with van der Waals surface area (Å²) < 4.78 is 0. The first-order valence-corrected chi connectivity index (χ1v) is 10.2. The summed E-state index contributed by atoms with van der Waals surface area (Å²) in [4.78, 5) is 20.3. The van der Waals surface area contributed by atoms with Crippen LogP contribution in [-0.2, 0) is 17.6 Å². The number of carboxylic acids is 1. The quantitative estimate of drug-likeness (QED) is 0.435. The van der Waals surface area contributed by atoms with Gasteiger partial charge >= 0.3 is 5.97 Å². The van der Waals surface area contributed by atoms with Gasteiger partial charge in [-0.05, 0) is 23.1 Å². The Morgan fingerprint density at radius 1 is 0.806 bits per heavy atom. The number of hydrogen-bond acceptors (Lipinski definition) is 4. The van der Waals surface area contributed by atoms with Crippen LogP contribution in [0.5, 0.6) is 0 Å². The van der Waals surface area contributed by atoms with E-state index in [1.165, 1.54) is 17.5 Å². The Bertz CT molecular complexity index is 1130. The van der Waals surface area contributed by atoms with Gasteiger partial charge in [0, 0.05) is 18.1 Å². The normalized spacial score (nSPS) is 11.6. The van der Waals surface area contributed by atoms with E-state index in [4.69, 9.17) is 0 Å². The van der Waals surface area contributed by atoms with Crippen LogP contribution in [0.1, 0.15) is 16.7 Å². The molecule has 0 aliphatic heterocycles. The summed E-state index contributed by atoms with van der Waals surface area (Å²) in [6.07, 6.45) is 2.69. The molecule has 4 aromatic rings. The highest BCUT2D eigenvalue weighted by atomic mass is 16.4. The maximum atomic E-state index is 11.7. The summed E-state index contributed by atoms with van der Waals surface area (Å²) in [6.45, 7) is 0. The average molecular weight is 409 g/mol. The van der Waals surface area contributed by atoms with Crippen LogP contribution in [0.15, 0.2) is 97.3 Å². The van der Waals surface area contributed by atoms with Crippen molar-refractivity contribution in [3.63, 3.8) is 0 Å². The molecule has 0 saturated carbocycles. The summed E-state index contributed by atoms with van der Waals surface area (Å²) in [7, 11) is 0. The number of aliphatic carboxylic acids is 1. The van der Waals surface area contributed by atoms with Crippen molar-refractivity contribution in [2.45, 2.75) is 18.9 Å². The highest BCUT2D eigenvalue weighted by molar-refractivity contribution is 5.77. The predicted molar refractivity (Wildman–Crippen MR) is 122 cm³/mol. The van der Waals surface area contributed by atoms with Crippen LogP contribution >= 0.6 is 0 Å². The third kappa shape index (κ3) is 5.54. The Morgan fingerprint density at radius 2 is 1.42 bits per heavy atom. The topological polar surface area (TPSA) is 75.1 Å². The zero-order valence-electron chi connectivity index (χ0n) is 17.0. The average Bonchev–Trinajstić information content (AvgIpc) is 2.81. The van der Waals surface area contributed by atoms with Crippen molar-refractivity contribution in [1.82, 2.24) is 9.97 Å². The number of rotatable bonds is 8. The highest BCUT2D eigenvalue weighted by Gasteiger charge is 2.18. The fourth-order valence-corrected chi connectivity index (χ4v) is 3.45. The summed E-state index contributed by atoms with van der Waals surface area (Å²) in [5, 5.41) is 12.7. The van der Waals surface area contributed by atoms with Crippen LogP contribution in [0.25, 0.3) is 11.3 Å². The second-order valence-electron chi connectivity index (χ2n) is 7.37. The van der Waals surface area contributed by atoms with Crippen molar-refractivity contribution >= 4 is 11.8 Å². The minimum absolute atomic E-state index is 0.365. The third-order valence-corrected chi connectivity index (χ3v) is 5.07. The van der Waals surface area contributed by atoms with Crippen LogP contribution < -0.4 is 5.32 Å². The maximum Gasteiger partial charge on any atom is 0.326 e. The fraction of sp³-hybridized carbons (Fsp3) is 0.115. The van der Waals surface area contributed by atoms with E-state index < -0.39 is 12.0 Å². The highest BCUT2D eigenvalue weighted by Crippen LogP contribution is 2.21. The van der Waals surface area contributed by atoms with Gasteiger partial charge in [-0.3, -0.25) is 0 Å². The zero-order chi connectivity index (χ0) is 21.5. The molecule has 1 unspecified atom stereocenters. The lowest BCUT2D eigenvalue weighted by Crippen LogP contribution is -2.31. The van der Waals surface area contributed by atoms with Gasteiger partial charge in [0.05, 0.1) is 5.69 Å². The van der Waals surface area contributed by atoms with E-state index in [1.54, 1.807) is 6.07 Å². The Kier molecular flexibility index (Phi) is 6.33. The molecule has 154 valence electrons. The van der Waals surface area contributed by atoms with Crippen LogP contribution in [0.2, 0.25) is 0 Å². The molecule has 0 radical (unpaired) electrons. The second-order valence-corrected chi connectivity index (χ2v) is 7.37. The molecular weight excluding hydrogens is 386 g/mol. The number of anilines is 1. The number of carbonyl (C=O) groups is 1. The lowest BCUT2D eigenvalue weighted by atomic mass is 10.0. The number of carboxylic acid groups (broad SMARTS) is 1. The maximum absolute atomic E-state index is 11.7. The number of hydrogen-bond donors (Lipinski definition) is 2. The van der Waals surface area contributed by atoms with Crippen molar-refractivity contribution in [3.05, 3.63) is 114 Å². The number of nitrogens with one attached hydrogen (secondary N) is 1. The van der Waals surface area contributed by atoms with Gasteiger partial charge in [-0.2, -0.15) is 0 Å². The molecule has 5 heteroatoms. The van der Waals surface area contributed by atoms with Crippen molar-refractivity contribution < 1.29 is 9.90 Å². The molecule has 1 heterocycles. The molecule has 1 aromatic heterocycles. The van der Waals surface area contributed by atoms with Gasteiger partial charge in [0.1, 0.15) is 18.2 Å². The molecule has 0 aliphatic carbocycles. The van der Waals surface area contributed by atoms with Crippen molar-refractivity contribution in [1.29, 1.82) is 0 Å². The molecule has 0 amide bonds. The largest absolute Gasteiger partial charge is 0.480 e. The van der Waals surface area contributed by atoms with Gasteiger partial charge in [-0.15, -0.1) is 0 Å². The Hall–Kier alpha value is -3.99. The Labute approximate surface area is 181 Å². The minimum Gasteiger partial charge on any atom is -0.480 e. The van der Waals surface area contributed by atoms with Crippen molar-refractivity contribution in [3.8, 4) is 11.3 Å². The predicted octanol–water partition coefficient (Wildman–Crippen LogP) is 4.84. The van der Waals surface area contributed by atoms with E-state index in [0.717, 1.165) is 23.2 Å². The number of benzene rings is 3. The molecule has 4 rings (SSSR count). The Morgan fingerprint density at radius 3 is 2.06 bits per heavy atom. The smallest absolute Gasteiger partial charge is 0.326 e. The molecule has 2 N–H and O–H groups in total. The van der Waals surface area contributed by atoms with Gasteiger partial charge in [-0.25, -0.2) is 14.8 Å². The van der Waals surface area contributed by atoms with E-state index in [2.05, 4.69) is 39.6 Å². The van der Waals surface area contributed by atoms with Gasteiger partial charge in [0.15, 0.2) is 0 Å². The lowest BCUT2D eigenvalue weighted by molar-refractivity contribution is -0.137. The molecule has 0 aliphatic rings. The summed E-state index contributed by atoms with van der Waals surface area (Å²) in [5.74, 6) is -0.434. The second kappa shape index (κ2) is 9.67. The first-order chi connectivity index (χ1) is 15.2. The molecule has 0 saturated heterocycles. The molecule has 0 spiro atoms. The van der Waals surface area contributed by atoms with Gasteiger partial charge in [-0.1, -0.05) is 84.9 Å². The minimum atomic E-state index is -0.922. The number of nitrogens with zero attached hydrogens (tertiary/aromatic N) is 2. The van der Waals surface area contributed by atoms with Crippen LogP contribution in [0, 0.1) is 0 Å². The molecule has 31 heavy (non-hydrogen) atoms. The summed E-state index contributed by atoms with van der Waals surface area (Å²) >= 11 is 0. The third-order valence-electron chi connectivity index (χ3n) is 5.07.